The molecule has 0 fully saturated rings. The fourth-order valence-corrected chi connectivity index (χ4v) is 3.30. The van der Waals surface area contributed by atoms with Crippen LogP contribution in [-0.2, 0) is 6.42 Å². The van der Waals surface area contributed by atoms with Crippen molar-refractivity contribution in [3.8, 4) is 0 Å². The molecule has 0 radical (unpaired) electrons. The Hall–Kier alpha value is -0.960. The monoisotopic (exact) mass is 305 g/mol. The van der Waals surface area contributed by atoms with Crippen molar-refractivity contribution in [1.82, 2.24) is 5.32 Å². The molecule has 0 aliphatic rings. The van der Waals surface area contributed by atoms with Gasteiger partial charge in [0.05, 0.1) is 0 Å². The minimum absolute atomic E-state index is 0.460. The Labute approximate surface area is 130 Å². The lowest BCUT2D eigenvalue weighted by Crippen LogP contribution is -2.30. The molecule has 0 aromatic heterocycles. The fraction of sp³-hybridized carbons (Fsp3) is 0.294. The number of rotatable bonds is 6. The summed E-state index contributed by atoms with van der Waals surface area (Å²) >= 11 is 7.82. The highest BCUT2D eigenvalue weighted by Crippen LogP contribution is 2.21. The summed E-state index contributed by atoms with van der Waals surface area (Å²) in [6.07, 6.45) is 1.02. The van der Waals surface area contributed by atoms with Gasteiger partial charge in [-0.3, -0.25) is 0 Å². The van der Waals surface area contributed by atoms with Gasteiger partial charge >= 0.3 is 0 Å². The Morgan fingerprint density at radius 1 is 1.15 bits per heavy atom. The van der Waals surface area contributed by atoms with Crippen LogP contribution >= 0.6 is 23.4 Å². The van der Waals surface area contributed by atoms with Gasteiger partial charge in [-0.2, -0.15) is 0 Å². The van der Waals surface area contributed by atoms with Crippen LogP contribution in [0.4, 0.5) is 0 Å². The van der Waals surface area contributed by atoms with Crippen molar-refractivity contribution in [2.75, 3.05) is 12.8 Å². The molecule has 0 aliphatic carbocycles. The van der Waals surface area contributed by atoms with Crippen LogP contribution in [0, 0.1) is 6.92 Å². The topological polar surface area (TPSA) is 12.0 Å². The Kier molecular flexibility index (Phi) is 5.96. The lowest BCUT2D eigenvalue weighted by atomic mass is 10.1. The summed E-state index contributed by atoms with van der Waals surface area (Å²) in [6.45, 7) is 2.13. The lowest BCUT2D eigenvalue weighted by Gasteiger charge is -2.16. The summed E-state index contributed by atoms with van der Waals surface area (Å²) in [7, 11) is 2.03. The molecule has 0 saturated heterocycles. The van der Waals surface area contributed by atoms with E-state index in [-0.39, 0.29) is 0 Å². The van der Waals surface area contributed by atoms with E-state index in [1.165, 1.54) is 16.0 Å². The smallest absolute Gasteiger partial charge is 0.0406 e. The largest absolute Gasteiger partial charge is 0.316 e. The van der Waals surface area contributed by atoms with E-state index < -0.39 is 0 Å². The molecule has 0 bridgehead atoms. The predicted molar refractivity (Wildman–Crippen MR) is 89.9 cm³/mol. The van der Waals surface area contributed by atoms with Gasteiger partial charge < -0.3 is 5.32 Å². The number of hydrogen-bond donors (Lipinski definition) is 1. The van der Waals surface area contributed by atoms with Crippen molar-refractivity contribution in [1.29, 1.82) is 0 Å². The van der Waals surface area contributed by atoms with E-state index >= 15 is 0 Å². The average Bonchev–Trinajstić information content (AvgIpc) is 2.45. The summed E-state index contributed by atoms with van der Waals surface area (Å²) in [5.74, 6) is 1.06. The first-order valence-corrected chi connectivity index (χ1v) is 8.15. The second-order valence-corrected chi connectivity index (χ2v) is 6.47. The van der Waals surface area contributed by atoms with Crippen LogP contribution in [0.15, 0.2) is 53.4 Å². The van der Waals surface area contributed by atoms with Crippen LogP contribution in [0.1, 0.15) is 11.1 Å². The van der Waals surface area contributed by atoms with E-state index in [0.717, 1.165) is 17.2 Å². The van der Waals surface area contributed by atoms with Gasteiger partial charge in [0.1, 0.15) is 0 Å². The zero-order valence-corrected chi connectivity index (χ0v) is 13.5. The molecule has 0 saturated carbocycles. The van der Waals surface area contributed by atoms with Crippen LogP contribution in [0.2, 0.25) is 5.02 Å². The zero-order chi connectivity index (χ0) is 14.4. The van der Waals surface area contributed by atoms with Crippen molar-refractivity contribution < 1.29 is 0 Å². The van der Waals surface area contributed by atoms with Crippen LogP contribution < -0.4 is 5.32 Å². The minimum Gasteiger partial charge on any atom is -0.316 e. The van der Waals surface area contributed by atoms with Gasteiger partial charge in [0, 0.05) is 21.7 Å². The summed E-state index contributed by atoms with van der Waals surface area (Å²) in [4.78, 5) is 1.33. The van der Waals surface area contributed by atoms with E-state index in [2.05, 4.69) is 48.6 Å². The molecular formula is C17H20ClNS. The van der Waals surface area contributed by atoms with Crippen molar-refractivity contribution >= 4 is 23.4 Å². The molecule has 0 heterocycles. The molecule has 2 rings (SSSR count). The van der Waals surface area contributed by atoms with Gasteiger partial charge in [-0.05, 0) is 50.2 Å². The first-order valence-electron chi connectivity index (χ1n) is 6.78. The molecule has 2 aromatic rings. The molecule has 0 spiro atoms. The van der Waals surface area contributed by atoms with Gasteiger partial charge in [0.25, 0.3) is 0 Å². The second-order valence-electron chi connectivity index (χ2n) is 4.94. The third kappa shape index (κ3) is 4.86. The number of likely N-dealkylation sites (N-methyl/N-ethyl adjacent to an activating group) is 1. The maximum absolute atomic E-state index is 5.92. The van der Waals surface area contributed by atoms with Crippen molar-refractivity contribution in [3.63, 3.8) is 0 Å². The SMILES string of the molecule is CNC(CSc1cccc(C)c1)Cc1ccc(Cl)cc1. The molecule has 20 heavy (non-hydrogen) atoms. The average molecular weight is 306 g/mol. The number of nitrogens with one attached hydrogen (secondary N) is 1. The van der Waals surface area contributed by atoms with Crippen LogP contribution in [0.25, 0.3) is 0 Å². The molecule has 1 N–H and O–H groups in total. The molecular weight excluding hydrogens is 286 g/mol. The van der Waals surface area contributed by atoms with E-state index in [0.29, 0.717) is 6.04 Å². The highest BCUT2D eigenvalue weighted by Gasteiger charge is 2.08. The van der Waals surface area contributed by atoms with Gasteiger partial charge in [-0.25, -0.2) is 0 Å². The molecule has 0 amide bonds. The van der Waals surface area contributed by atoms with Crippen LogP contribution in [-0.4, -0.2) is 18.8 Å². The maximum Gasteiger partial charge on any atom is 0.0406 e. The molecule has 1 unspecified atom stereocenters. The summed E-state index contributed by atoms with van der Waals surface area (Å²) in [5, 5.41) is 4.19. The molecule has 106 valence electrons. The minimum atomic E-state index is 0.460. The fourth-order valence-electron chi connectivity index (χ4n) is 2.05. The summed E-state index contributed by atoms with van der Waals surface area (Å²) in [6, 6.07) is 17.2. The number of halogens is 1. The van der Waals surface area contributed by atoms with E-state index in [9.17, 15) is 0 Å². The van der Waals surface area contributed by atoms with E-state index in [1.54, 1.807) is 0 Å². The van der Waals surface area contributed by atoms with Gasteiger partial charge in [-0.1, -0.05) is 41.4 Å². The summed E-state index contributed by atoms with van der Waals surface area (Å²) in [5.41, 5.74) is 2.63. The van der Waals surface area contributed by atoms with Gasteiger partial charge in [0.15, 0.2) is 0 Å². The quantitative estimate of drug-likeness (QED) is 0.785. The van der Waals surface area contributed by atoms with E-state index in [4.69, 9.17) is 11.6 Å². The highest BCUT2D eigenvalue weighted by atomic mass is 35.5. The molecule has 1 atom stereocenters. The van der Waals surface area contributed by atoms with Crippen molar-refractivity contribution in [2.45, 2.75) is 24.3 Å². The Morgan fingerprint density at radius 3 is 2.55 bits per heavy atom. The van der Waals surface area contributed by atoms with Crippen LogP contribution in [0.5, 0.6) is 0 Å². The number of benzene rings is 2. The first kappa shape index (κ1) is 15.4. The van der Waals surface area contributed by atoms with Gasteiger partial charge in [-0.15, -0.1) is 11.8 Å². The van der Waals surface area contributed by atoms with Crippen LogP contribution in [0.3, 0.4) is 0 Å². The Bertz CT molecular complexity index is 539. The number of aryl methyl sites for hydroxylation is 1. The second kappa shape index (κ2) is 7.72. The first-order chi connectivity index (χ1) is 9.67. The Balaban J connectivity index is 1.90. The number of hydrogen-bond acceptors (Lipinski definition) is 2. The molecule has 1 nitrogen and oxygen atoms in total. The predicted octanol–water partition coefficient (Wildman–Crippen LogP) is 4.57. The highest BCUT2D eigenvalue weighted by molar-refractivity contribution is 7.99. The number of thioether (sulfide) groups is 1. The molecule has 0 aliphatic heterocycles. The normalized spacial score (nSPS) is 12.3. The van der Waals surface area contributed by atoms with Gasteiger partial charge in [0.2, 0.25) is 0 Å². The van der Waals surface area contributed by atoms with Crippen molar-refractivity contribution in [2.24, 2.45) is 0 Å². The zero-order valence-electron chi connectivity index (χ0n) is 11.9. The molecule has 3 heteroatoms. The summed E-state index contributed by atoms with van der Waals surface area (Å²) < 4.78 is 0. The maximum atomic E-state index is 5.92. The third-order valence-corrected chi connectivity index (χ3v) is 4.65. The molecule has 2 aromatic carbocycles. The third-order valence-electron chi connectivity index (χ3n) is 3.24. The van der Waals surface area contributed by atoms with Crippen molar-refractivity contribution in [3.05, 3.63) is 64.7 Å². The van der Waals surface area contributed by atoms with E-state index in [1.807, 2.05) is 30.9 Å². The Morgan fingerprint density at radius 2 is 1.90 bits per heavy atom. The standard InChI is InChI=1S/C17H20ClNS/c1-13-4-3-5-17(10-13)20-12-16(19-2)11-14-6-8-15(18)9-7-14/h3-10,16,19H,11-12H2,1-2H3. The lowest BCUT2D eigenvalue weighted by molar-refractivity contribution is 0.617.